The van der Waals surface area contributed by atoms with Crippen molar-refractivity contribution in [3.05, 3.63) is 0 Å². The van der Waals surface area contributed by atoms with Crippen LogP contribution >= 0.6 is 11.8 Å². The Morgan fingerprint density at radius 3 is 2.59 bits per heavy atom. The van der Waals surface area contributed by atoms with Gasteiger partial charge in [-0.2, -0.15) is 11.8 Å². The largest absolute Gasteiger partial charge is 0.379 e. The lowest BCUT2D eigenvalue weighted by Gasteiger charge is -2.29. The number of morpholine rings is 1. The molecule has 17 heavy (non-hydrogen) atoms. The Hall–Kier alpha value is 0.230. The second-order valence-electron chi connectivity index (χ2n) is 5.23. The molecule has 0 aromatic carbocycles. The van der Waals surface area contributed by atoms with Gasteiger partial charge in [0.1, 0.15) is 0 Å². The van der Waals surface area contributed by atoms with Crippen molar-refractivity contribution < 1.29 is 4.74 Å². The molecule has 2 fully saturated rings. The fourth-order valence-electron chi connectivity index (χ4n) is 2.85. The first-order chi connectivity index (χ1) is 8.35. The van der Waals surface area contributed by atoms with E-state index < -0.39 is 0 Å². The van der Waals surface area contributed by atoms with Gasteiger partial charge in [-0.15, -0.1) is 0 Å². The number of nitrogens with zero attached hydrogens (tertiary/aromatic N) is 1. The minimum atomic E-state index is 0.547. The first kappa shape index (κ1) is 13.7. The standard InChI is InChI=1S/C13H26N2OS/c1-17-13(4-2-3-5-13)12-14-6-7-15-8-10-16-11-9-15/h14H,2-12H2,1H3. The van der Waals surface area contributed by atoms with E-state index in [4.69, 9.17) is 4.74 Å². The summed E-state index contributed by atoms with van der Waals surface area (Å²) in [6.07, 6.45) is 7.92. The molecule has 1 aliphatic carbocycles. The molecule has 1 saturated heterocycles. The van der Waals surface area contributed by atoms with E-state index in [9.17, 15) is 0 Å². The molecule has 1 aliphatic heterocycles. The fourth-order valence-corrected chi connectivity index (χ4v) is 3.79. The van der Waals surface area contributed by atoms with E-state index in [-0.39, 0.29) is 0 Å². The zero-order valence-electron chi connectivity index (χ0n) is 11.0. The SMILES string of the molecule is CSC1(CNCCN2CCOCC2)CCCC1. The molecule has 0 amide bonds. The summed E-state index contributed by atoms with van der Waals surface area (Å²) < 4.78 is 5.90. The maximum absolute atomic E-state index is 5.36. The molecule has 2 aliphatic rings. The minimum Gasteiger partial charge on any atom is -0.379 e. The van der Waals surface area contributed by atoms with Crippen molar-refractivity contribution in [2.24, 2.45) is 0 Å². The summed E-state index contributed by atoms with van der Waals surface area (Å²) in [6, 6.07) is 0. The third-order valence-corrected chi connectivity index (χ3v) is 5.52. The van der Waals surface area contributed by atoms with E-state index in [0.29, 0.717) is 4.75 Å². The third kappa shape index (κ3) is 4.12. The van der Waals surface area contributed by atoms with Crippen molar-refractivity contribution in [2.75, 3.05) is 52.2 Å². The van der Waals surface area contributed by atoms with Gasteiger partial charge in [-0.05, 0) is 19.1 Å². The quantitative estimate of drug-likeness (QED) is 0.731. The number of hydrogen-bond donors (Lipinski definition) is 1. The Balaban J connectivity index is 1.58. The molecule has 0 aromatic heterocycles. The molecule has 3 nitrogen and oxygen atoms in total. The number of ether oxygens (including phenoxy) is 1. The molecular formula is C13H26N2OS. The highest BCUT2D eigenvalue weighted by Crippen LogP contribution is 2.39. The van der Waals surface area contributed by atoms with Crippen LogP contribution in [-0.2, 0) is 4.74 Å². The number of rotatable bonds is 6. The smallest absolute Gasteiger partial charge is 0.0594 e. The molecule has 2 rings (SSSR count). The first-order valence-corrected chi connectivity index (χ1v) is 8.13. The van der Waals surface area contributed by atoms with Gasteiger partial charge in [0, 0.05) is 37.5 Å². The molecule has 0 atom stereocenters. The Labute approximate surface area is 110 Å². The van der Waals surface area contributed by atoms with Crippen LogP contribution in [0.2, 0.25) is 0 Å². The predicted molar refractivity (Wildman–Crippen MR) is 74.8 cm³/mol. The van der Waals surface area contributed by atoms with E-state index in [2.05, 4.69) is 28.2 Å². The summed E-state index contributed by atoms with van der Waals surface area (Å²) in [5, 5.41) is 3.66. The molecule has 4 heteroatoms. The van der Waals surface area contributed by atoms with E-state index in [1.807, 2.05) is 0 Å². The lowest BCUT2D eigenvalue weighted by Crippen LogP contribution is -2.43. The van der Waals surface area contributed by atoms with Gasteiger partial charge in [0.2, 0.25) is 0 Å². The van der Waals surface area contributed by atoms with Gasteiger partial charge in [-0.1, -0.05) is 12.8 Å². The van der Waals surface area contributed by atoms with Crippen molar-refractivity contribution in [1.29, 1.82) is 0 Å². The molecular weight excluding hydrogens is 232 g/mol. The van der Waals surface area contributed by atoms with Crippen molar-refractivity contribution in [1.82, 2.24) is 10.2 Å². The second-order valence-corrected chi connectivity index (χ2v) is 6.50. The van der Waals surface area contributed by atoms with Crippen LogP contribution in [0.1, 0.15) is 25.7 Å². The van der Waals surface area contributed by atoms with Crippen molar-refractivity contribution in [2.45, 2.75) is 30.4 Å². The molecule has 1 heterocycles. The molecule has 0 bridgehead atoms. The van der Waals surface area contributed by atoms with E-state index in [0.717, 1.165) is 32.8 Å². The summed E-state index contributed by atoms with van der Waals surface area (Å²) in [4.78, 5) is 2.50. The number of nitrogens with one attached hydrogen (secondary N) is 1. The molecule has 0 radical (unpaired) electrons. The van der Waals surface area contributed by atoms with Gasteiger partial charge in [0.15, 0.2) is 0 Å². The summed E-state index contributed by atoms with van der Waals surface area (Å²) in [5.41, 5.74) is 0. The van der Waals surface area contributed by atoms with Gasteiger partial charge in [0.05, 0.1) is 13.2 Å². The van der Waals surface area contributed by atoms with Crippen molar-refractivity contribution >= 4 is 11.8 Å². The molecule has 100 valence electrons. The Kier molecular flexibility index (Phi) is 5.60. The topological polar surface area (TPSA) is 24.5 Å². The van der Waals surface area contributed by atoms with Crippen LogP contribution in [0.5, 0.6) is 0 Å². The van der Waals surface area contributed by atoms with Crippen molar-refractivity contribution in [3.8, 4) is 0 Å². The van der Waals surface area contributed by atoms with E-state index in [1.165, 1.54) is 38.8 Å². The van der Waals surface area contributed by atoms with Crippen LogP contribution in [0.25, 0.3) is 0 Å². The highest BCUT2D eigenvalue weighted by Gasteiger charge is 2.32. The highest BCUT2D eigenvalue weighted by atomic mass is 32.2. The van der Waals surface area contributed by atoms with Gasteiger partial charge < -0.3 is 10.1 Å². The lowest BCUT2D eigenvalue weighted by atomic mass is 10.1. The fraction of sp³-hybridized carbons (Fsp3) is 1.00. The third-order valence-electron chi connectivity index (χ3n) is 4.10. The van der Waals surface area contributed by atoms with Crippen LogP contribution in [-0.4, -0.2) is 61.8 Å². The molecule has 0 spiro atoms. The molecule has 1 saturated carbocycles. The van der Waals surface area contributed by atoms with Crippen LogP contribution in [0.15, 0.2) is 0 Å². The Morgan fingerprint density at radius 1 is 1.24 bits per heavy atom. The minimum absolute atomic E-state index is 0.547. The normalized spacial score (nSPS) is 25.2. The van der Waals surface area contributed by atoms with Crippen LogP contribution in [0, 0.1) is 0 Å². The Morgan fingerprint density at radius 2 is 1.94 bits per heavy atom. The number of thioether (sulfide) groups is 1. The van der Waals surface area contributed by atoms with Gasteiger partial charge in [-0.25, -0.2) is 0 Å². The molecule has 1 N–H and O–H groups in total. The van der Waals surface area contributed by atoms with Crippen LogP contribution < -0.4 is 5.32 Å². The Bertz CT molecular complexity index is 213. The maximum Gasteiger partial charge on any atom is 0.0594 e. The predicted octanol–water partition coefficient (Wildman–Crippen LogP) is 1.58. The first-order valence-electron chi connectivity index (χ1n) is 6.91. The summed E-state index contributed by atoms with van der Waals surface area (Å²) in [5.74, 6) is 0. The average Bonchev–Trinajstić information content (AvgIpc) is 2.85. The van der Waals surface area contributed by atoms with Crippen LogP contribution in [0.4, 0.5) is 0 Å². The molecule has 0 aromatic rings. The van der Waals surface area contributed by atoms with Gasteiger partial charge >= 0.3 is 0 Å². The van der Waals surface area contributed by atoms with Crippen LogP contribution in [0.3, 0.4) is 0 Å². The monoisotopic (exact) mass is 258 g/mol. The lowest BCUT2D eigenvalue weighted by molar-refractivity contribution is 0.0384. The summed E-state index contributed by atoms with van der Waals surface area (Å²) >= 11 is 2.07. The molecule has 0 unspecified atom stereocenters. The average molecular weight is 258 g/mol. The van der Waals surface area contributed by atoms with E-state index >= 15 is 0 Å². The van der Waals surface area contributed by atoms with Gasteiger partial charge in [0.25, 0.3) is 0 Å². The highest BCUT2D eigenvalue weighted by molar-refractivity contribution is 8.00. The number of hydrogen-bond acceptors (Lipinski definition) is 4. The zero-order chi connectivity index (χ0) is 12.0. The van der Waals surface area contributed by atoms with E-state index in [1.54, 1.807) is 0 Å². The summed E-state index contributed by atoms with van der Waals surface area (Å²) in [7, 11) is 0. The summed E-state index contributed by atoms with van der Waals surface area (Å²) in [6.45, 7) is 7.53. The van der Waals surface area contributed by atoms with Crippen molar-refractivity contribution in [3.63, 3.8) is 0 Å². The maximum atomic E-state index is 5.36. The zero-order valence-corrected chi connectivity index (χ0v) is 11.9. The second kappa shape index (κ2) is 6.98. The van der Waals surface area contributed by atoms with Gasteiger partial charge in [-0.3, -0.25) is 4.90 Å².